The molecule has 0 aliphatic rings. The molecule has 8 heteroatoms. The molecule has 0 heterocycles. The van der Waals surface area contributed by atoms with Gasteiger partial charge in [0.05, 0.1) is 10.5 Å². The molecule has 1 amide bonds. The number of rotatable bonds is 6. The molecule has 2 aromatic rings. The van der Waals surface area contributed by atoms with Crippen molar-refractivity contribution >= 4 is 40.9 Å². The molecule has 7 nitrogen and oxygen atoms in total. The minimum absolute atomic E-state index is 0.134. The Hall–Kier alpha value is -3.19. The van der Waals surface area contributed by atoms with Gasteiger partial charge in [-0.15, -0.1) is 0 Å². The van der Waals surface area contributed by atoms with Crippen molar-refractivity contribution in [1.82, 2.24) is 0 Å². The van der Waals surface area contributed by atoms with E-state index < -0.39 is 23.4 Å². The van der Waals surface area contributed by atoms with Crippen LogP contribution in [0, 0.1) is 10.1 Å². The summed E-state index contributed by atoms with van der Waals surface area (Å²) in [5, 5.41) is 13.9. The Balaban J connectivity index is 1.88. The number of amides is 1. The van der Waals surface area contributed by atoms with E-state index in [4.69, 9.17) is 16.3 Å². The summed E-state index contributed by atoms with van der Waals surface area (Å²) in [4.78, 5) is 33.6. The molecule has 1 N–H and O–H groups in total. The molecule has 2 aromatic carbocycles. The molecule has 0 aliphatic heterocycles. The molecule has 128 valence electrons. The predicted octanol–water partition coefficient (Wildman–Crippen LogP) is 3.44. The molecule has 0 saturated carbocycles. The summed E-state index contributed by atoms with van der Waals surface area (Å²) < 4.78 is 4.79. The van der Waals surface area contributed by atoms with Crippen LogP contribution >= 0.6 is 11.6 Å². The lowest BCUT2D eigenvalue weighted by Gasteiger charge is -2.05. The molecular weight excluding hydrogens is 348 g/mol. The van der Waals surface area contributed by atoms with Gasteiger partial charge in [-0.1, -0.05) is 29.8 Å². The maximum absolute atomic E-state index is 11.7. The summed E-state index contributed by atoms with van der Waals surface area (Å²) in [5.41, 5.74) is 0.599. The van der Waals surface area contributed by atoms with Crippen LogP contribution in [-0.4, -0.2) is 23.4 Å². The van der Waals surface area contributed by atoms with E-state index in [1.165, 1.54) is 24.3 Å². The van der Waals surface area contributed by atoms with Gasteiger partial charge in [-0.2, -0.15) is 0 Å². The second-order valence-corrected chi connectivity index (χ2v) is 5.25. The zero-order valence-corrected chi connectivity index (χ0v) is 13.6. The fourth-order valence-electron chi connectivity index (χ4n) is 1.90. The van der Waals surface area contributed by atoms with Gasteiger partial charge >= 0.3 is 5.97 Å². The first-order valence-electron chi connectivity index (χ1n) is 7.09. The van der Waals surface area contributed by atoms with Crippen LogP contribution in [0.25, 0.3) is 6.08 Å². The van der Waals surface area contributed by atoms with E-state index in [1.807, 2.05) is 0 Å². The molecule has 0 fully saturated rings. The number of anilines is 1. The summed E-state index contributed by atoms with van der Waals surface area (Å²) in [5.74, 6) is -1.32. The largest absolute Gasteiger partial charge is 0.452 e. The van der Waals surface area contributed by atoms with Gasteiger partial charge < -0.3 is 10.1 Å². The van der Waals surface area contributed by atoms with Crippen molar-refractivity contribution in [3.63, 3.8) is 0 Å². The van der Waals surface area contributed by atoms with Gasteiger partial charge in [-0.25, -0.2) is 4.79 Å². The number of hydrogen-bond acceptors (Lipinski definition) is 5. The van der Waals surface area contributed by atoms with Crippen LogP contribution < -0.4 is 5.32 Å². The average Bonchev–Trinajstić information content (AvgIpc) is 2.58. The molecule has 0 bridgehead atoms. The van der Waals surface area contributed by atoms with Crippen LogP contribution in [0.1, 0.15) is 5.56 Å². The Morgan fingerprint density at radius 3 is 2.68 bits per heavy atom. The molecule has 0 aliphatic carbocycles. The van der Waals surface area contributed by atoms with Gasteiger partial charge in [0.25, 0.3) is 11.6 Å². The summed E-state index contributed by atoms with van der Waals surface area (Å²) in [6.45, 7) is -0.493. The molecule has 2 rings (SSSR count). The standard InChI is InChI=1S/C17H13ClN2O5/c18-13-5-3-6-14(10-13)19-16(21)11-25-17(22)9-8-12-4-1-2-7-15(12)20(23)24/h1-10H,11H2,(H,19,21)/b9-8+. The first-order valence-corrected chi connectivity index (χ1v) is 7.47. The van der Waals surface area contributed by atoms with E-state index in [-0.39, 0.29) is 11.3 Å². The zero-order chi connectivity index (χ0) is 18.2. The van der Waals surface area contributed by atoms with Crippen LogP contribution in [0.3, 0.4) is 0 Å². The molecule has 0 aromatic heterocycles. The molecule has 0 radical (unpaired) electrons. The fraction of sp³-hybridized carbons (Fsp3) is 0.0588. The van der Waals surface area contributed by atoms with Crippen molar-refractivity contribution in [2.75, 3.05) is 11.9 Å². The molecule has 0 atom stereocenters. The lowest BCUT2D eigenvalue weighted by atomic mass is 10.1. The van der Waals surface area contributed by atoms with Crippen LogP contribution in [0.15, 0.2) is 54.6 Å². The molecule has 0 unspecified atom stereocenters. The Kier molecular flexibility index (Phi) is 6.25. The number of ether oxygens (including phenoxy) is 1. The number of nitrogens with one attached hydrogen (secondary N) is 1. The van der Waals surface area contributed by atoms with Crippen LogP contribution in [0.2, 0.25) is 5.02 Å². The second kappa shape index (κ2) is 8.60. The number of carbonyl (C=O) groups is 2. The number of nitrogens with zero attached hydrogens (tertiary/aromatic N) is 1. The van der Waals surface area contributed by atoms with Crippen molar-refractivity contribution in [2.24, 2.45) is 0 Å². The van der Waals surface area contributed by atoms with Crippen LogP contribution in [-0.2, 0) is 14.3 Å². The Bertz CT molecular complexity index is 835. The number of carbonyl (C=O) groups excluding carboxylic acids is 2. The SMILES string of the molecule is O=C(COC(=O)/C=C/c1ccccc1[N+](=O)[O-])Nc1cccc(Cl)c1. The normalized spacial score (nSPS) is 10.4. The highest BCUT2D eigenvalue weighted by atomic mass is 35.5. The maximum Gasteiger partial charge on any atom is 0.331 e. The van der Waals surface area contributed by atoms with E-state index >= 15 is 0 Å². The molecule has 0 saturated heterocycles. The third-order valence-electron chi connectivity index (χ3n) is 2.99. The first-order chi connectivity index (χ1) is 12.0. The number of esters is 1. The fourth-order valence-corrected chi connectivity index (χ4v) is 2.09. The van der Waals surface area contributed by atoms with E-state index in [0.717, 1.165) is 6.08 Å². The number of halogens is 1. The second-order valence-electron chi connectivity index (χ2n) is 4.82. The van der Waals surface area contributed by atoms with E-state index in [1.54, 1.807) is 30.3 Å². The van der Waals surface area contributed by atoms with Gasteiger partial charge in [0, 0.05) is 22.9 Å². The average molecular weight is 361 g/mol. The smallest absolute Gasteiger partial charge is 0.331 e. The summed E-state index contributed by atoms with van der Waals surface area (Å²) in [7, 11) is 0. The van der Waals surface area contributed by atoms with E-state index in [0.29, 0.717) is 10.7 Å². The lowest BCUT2D eigenvalue weighted by molar-refractivity contribution is -0.385. The van der Waals surface area contributed by atoms with Gasteiger partial charge in [-0.3, -0.25) is 14.9 Å². The van der Waals surface area contributed by atoms with E-state index in [2.05, 4.69) is 5.32 Å². The van der Waals surface area contributed by atoms with Crippen molar-refractivity contribution in [1.29, 1.82) is 0 Å². The number of para-hydroxylation sites is 1. The van der Waals surface area contributed by atoms with Crippen molar-refractivity contribution in [3.05, 3.63) is 75.3 Å². The van der Waals surface area contributed by atoms with Gasteiger partial charge in [0.1, 0.15) is 0 Å². The number of nitro benzene ring substituents is 1. The predicted molar refractivity (Wildman–Crippen MR) is 93.2 cm³/mol. The molecular formula is C17H13ClN2O5. The van der Waals surface area contributed by atoms with Gasteiger partial charge in [0.2, 0.25) is 0 Å². The highest BCUT2D eigenvalue weighted by Gasteiger charge is 2.10. The Morgan fingerprint density at radius 1 is 1.20 bits per heavy atom. The quantitative estimate of drug-likeness (QED) is 0.368. The minimum Gasteiger partial charge on any atom is -0.452 e. The first kappa shape index (κ1) is 18.2. The maximum atomic E-state index is 11.7. The van der Waals surface area contributed by atoms with Gasteiger partial charge in [-0.05, 0) is 30.3 Å². The molecule has 0 spiro atoms. The third-order valence-corrected chi connectivity index (χ3v) is 3.22. The third kappa shape index (κ3) is 5.74. The molecule has 25 heavy (non-hydrogen) atoms. The summed E-state index contributed by atoms with van der Waals surface area (Å²) in [6.07, 6.45) is 2.28. The number of benzene rings is 2. The number of hydrogen-bond donors (Lipinski definition) is 1. The van der Waals surface area contributed by atoms with Crippen LogP contribution in [0.4, 0.5) is 11.4 Å². The lowest BCUT2D eigenvalue weighted by Crippen LogP contribution is -2.20. The highest BCUT2D eigenvalue weighted by Crippen LogP contribution is 2.19. The number of nitro groups is 1. The zero-order valence-electron chi connectivity index (χ0n) is 12.8. The van der Waals surface area contributed by atoms with Crippen molar-refractivity contribution in [2.45, 2.75) is 0 Å². The Labute approximate surface area is 148 Å². The monoisotopic (exact) mass is 360 g/mol. The van der Waals surface area contributed by atoms with Crippen LogP contribution in [0.5, 0.6) is 0 Å². The minimum atomic E-state index is -0.792. The van der Waals surface area contributed by atoms with Gasteiger partial charge in [0.15, 0.2) is 6.61 Å². The summed E-state index contributed by atoms with van der Waals surface area (Å²) >= 11 is 5.80. The van der Waals surface area contributed by atoms with Crippen molar-refractivity contribution in [3.8, 4) is 0 Å². The van der Waals surface area contributed by atoms with E-state index in [9.17, 15) is 19.7 Å². The Morgan fingerprint density at radius 2 is 1.96 bits per heavy atom. The van der Waals surface area contributed by atoms with Crippen molar-refractivity contribution < 1.29 is 19.2 Å². The highest BCUT2D eigenvalue weighted by molar-refractivity contribution is 6.30. The topological polar surface area (TPSA) is 98.5 Å². The summed E-state index contributed by atoms with van der Waals surface area (Å²) in [6, 6.07) is 12.5.